The van der Waals surface area contributed by atoms with Gasteiger partial charge in [-0.2, -0.15) is 0 Å². The fraction of sp³-hybridized carbons (Fsp3) is 0.133. The first-order valence-corrected chi connectivity index (χ1v) is 6.59. The molecule has 3 nitrogen and oxygen atoms in total. The number of nitrogens with one attached hydrogen (secondary N) is 1. The van der Waals surface area contributed by atoms with Crippen molar-refractivity contribution in [2.24, 2.45) is 0 Å². The quantitative estimate of drug-likeness (QED) is 0.739. The number of halogens is 1. The average Bonchev–Trinajstić information content (AvgIpc) is 2.77. The zero-order valence-corrected chi connectivity index (χ0v) is 11.7. The molecule has 0 amide bonds. The second-order valence-electron chi connectivity index (χ2n) is 4.50. The van der Waals surface area contributed by atoms with E-state index < -0.39 is 0 Å². The van der Waals surface area contributed by atoms with E-state index in [9.17, 15) is 4.39 Å². The standard InChI is InChI=1S/C15H13FN2OS/c1-19-9-10-4-2-5-11(8-10)18-13-7-3-6-12(16)14(13)17-15(18)20/h2-8H,9H2,1H3,(H,17,20). The fourth-order valence-corrected chi connectivity index (χ4v) is 2.61. The lowest BCUT2D eigenvalue weighted by Gasteiger charge is -2.07. The van der Waals surface area contributed by atoms with Crippen molar-refractivity contribution in [3.63, 3.8) is 0 Å². The van der Waals surface area contributed by atoms with Crippen LogP contribution in [0.5, 0.6) is 0 Å². The zero-order valence-electron chi connectivity index (χ0n) is 10.9. The van der Waals surface area contributed by atoms with Crippen molar-refractivity contribution in [1.29, 1.82) is 0 Å². The Morgan fingerprint density at radius 3 is 2.85 bits per heavy atom. The minimum Gasteiger partial charge on any atom is -0.380 e. The third kappa shape index (κ3) is 2.15. The molecule has 102 valence electrons. The van der Waals surface area contributed by atoms with E-state index in [2.05, 4.69) is 4.98 Å². The maximum atomic E-state index is 13.8. The number of hydrogen-bond donors (Lipinski definition) is 1. The molecule has 1 N–H and O–H groups in total. The minimum absolute atomic E-state index is 0.305. The van der Waals surface area contributed by atoms with Gasteiger partial charge in [0, 0.05) is 12.8 Å². The number of aromatic nitrogens is 2. The van der Waals surface area contributed by atoms with Crippen molar-refractivity contribution in [3.8, 4) is 5.69 Å². The van der Waals surface area contributed by atoms with Gasteiger partial charge in [-0.15, -0.1) is 0 Å². The molecule has 5 heteroatoms. The first-order chi connectivity index (χ1) is 9.70. The summed E-state index contributed by atoms with van der Waals surface area (Å²) in [5.41, 5.74) is 3.08. The van der Waals surface area contributed by atoms with E-state index in [-0.39, 0.29) is 5.82 Å². The predicted octanol–water partition coefficient (Wildman–Crippen LogP) is 3.97. The van der Waals surface area contributed by atoms with Crippen LogP contribution in [0.15, 0.2) is 42.5 Å². The number of H-pyrrole nitrogens is 1. The second kappa shape index (κ2) is 5.19. The Morgan fingerprint density at radius 1 is 1.25 bits per heavy atom. The molecule has 3 rings (SSSR count). The summed E-state index contributed by atoms with van der Waals surface area (Å²) in [7, 11) is 1.65. The van der Waals surface area contributed by atoms with Gasteiger partial charge in [0.2, 0.25) is 0 Å². The molecule has 0 unspecified atom stereocenters. The normalized spacial score (nSPS) is 11.1. The van der Waals surface area contributed by atoms with Gasteiger partial charge in [0.15, 0.2) is 4.77 Å². The molecular weight excluding hydrogens is 275 g/mol. The SMILES string of the molecule is COCc1cccc(-n2c(=S)[nH]c3c(F)cccc32)c1. The molecule has 0 bridgehead atoms. The highest BCUT2D eigenvalue weighted by Gasteiger charge is 2.09. The van der Waals surface area contributed by atoms with Gasteiger partial charge in [-0.05, 0) is 42.0 Å². The van der Waals surface area contributed by atoms with Crippen LogP contribution >= 0.6 is 12.2 Å². The third-order valence-electron chi connectivity index (χ3n) is 3.15. The fourth-order valence-electron chi connectivity index (χ4n) is 2.30. The van der Waals surface area contributed by atoms with Crippen LogP contribution in [-0.2, 0) is 11.3 Å². The molecular formula is C15H13FN2OS. The van der Waals surface area contributed by atoms with Crippen molar-refractivity contribution < 1.29 is 9.13 Å². The van der Waals surface area contributed by atoms with E-state index >= 15 is 0 Å². The molecule has 1 aromatic heterocycles. The Morgan fingerprint density at radius 2 is 2.05 bits per heavy atom. The molecule has 20 heavy (non-hydrogen) atoms. The summed E-state index contributed by atoms with van der Waals surface area (Å²) in [4.78, 5) is 2.92. The number of benzene rings is 2. The Hall–Kier alpha value is -1.98. The van der Waals surface area contributed by atoms with Gasteiger partial charge in [-0.1, -0.05) is 18.2 Å². The summed E-state index contributed by atoms with van der Waals surface area (Å²) in [6, 6.07) is 12.8. The van der Waals surface area contributed by atoms with Crippen LogP contribution in [0.25, 0.3) is 16.7 Å². The first-order valence-electron chi connectivity index (χ1n) is 6.18. The van der Waals surface area contributed by atoms with Crippen LogP contribution < -0.4 is 0 Å². The highest BCUT2D eigenvalue weighted by molar-refractivity contribution is 7.71. The Kier molecular flexibility index (Phi) is 3.38. The van der Waals surface area contributed by atoms with Gasteiger partial charge in [0.25, 0.3) is 0 Å². The highest BCUT2D eigenvalue weighted by Crippen LogP contribution is 2.22. The van der Waals surface area contributed by atoms with E-state index in [0.29, 0.717) is 16.9 Å². The molecule has 0 aliphatic heterocycles. The van der Waals surface area contributed by atoms with Gasteiger partial charge in [-0.25, -0.2) is 4.39 Å². The molecule has 0 saturated carbocycles. The van der Waals surface area contributed by atoms with Crippen LogP contribution in [0, 0.1) is 10.6 Å². The predicted molar refractivity (Wildman–Crippen MR) is 79.1 cm³/mol. The van der Waals surface area contributed by atoms with Crippen LogP contribution in [0.4, 0.5) is 4.39 Å². The average molecular weight is 288 g/mol. The summed E-state index contributed by atoms with van der Waals surface area (Å²) in [6.07, 6.45) is 0. The van der Waals surface area contributed by atoms with Crippen LogP contribution in [0.1, 0.15) is 5.56 Å². The van der Waals surface area contributed by atoms with Crippen molar-refractivity contribution in [2.45, 2.75) is 6.61 Å². The number of rotatable bonds is 3. The Labute approximate surface area is 120 Å². The van der Waals surface area contributed by atoms with Gasteiger partial charge in [0.1, 0.15) is 11.3 Å². The largest absolute Gasteiger partial charge is 0.380 e. The van der Waals surface area contributed by atoms with E-state index in [1.807, 2.05) is 34.9 Å². The van der Waals surface area contributed by atoms with E-state index in [4.69, 9.17) is 17.0 Å². The lowest BCUT2D eigenvalue weighted by Crippen LogP contribution is -1.96. The monoisotopic (exact) mass is 288 g/mol. The number of methoxy groups -OCH3 is 1. The molecule has 2 aromatic carbocycles. The number of fused-ring (bicyclic) bond motifs is 1. The molecule has 0 fully saturated rings. The molecule has 3 aromatic rings. The first kappa shape index (κ1) is 13.0. The zero-order chi connectivity index (χ0) is 14.1. The van der Waals surface area contributed by atoms with E-state index in [0.717, 1.165) is 16.8 Å². The van der Waals surface area contributed by atoms with E-state index in [1.54, 1.807) is 13.2 Å². The highest BCUT2D eigenvalue weighted by atomic mass is 32.1. The van der Waals surface area contributed by atoms with Crippen molar-refractivity contribution in [1.82, 2.24) is 9.55 Å². The number of hydrogen-bond acceptors (Lipinski definition) is 2. The number of imidazole rings is 1. The van der Waals surface area contributed by atoms with Gasteiger partial charge >= 0.3 is 0 Å². The van der Waals surface area contributed by atoms with Crippen LogP contribution in [0.3, 0.4) is 0 Å². The molecule has 0 spiro atoms. The lowest BCUT2D eigenvalue weighted by atomic mass is 10.2. The molecule has 0 aliphatic rings. The summed E-state index contributed by atoms with van der Waals surface area (Å²) in [6.45, 7) is 0.526. The van der Waals surface area contributed by atoms with Gasteiger partial charge in [-0.3, -0.25) is 4.57 Å². The topological polar surface area (TPSA) is 29.9 Å². The number of aromatic amines is 1. The number of para-hydroxylation sites is 1. The van der Waals surface area contributed by atoms with Crippen molar-refractivity contribution >= 4 is 23.3 Å². The molecule has 0 radical (unpaired) electrons. The second-order valence-corrected chi connectivity index (χ2v) is 4.89. The minimum atomic E-state index is -0.305. The molecule has 1 heterocycles. The molecule has 0 aliphatic carbocycles. The lowest BCUT2D eigenvalue weighted by molar-refractivity contribution is 0.185. The number of nitrogens with zero attached hydrogens (tertiary/aromatic N) is 1. The Bertz CT molecular complexity index is 822. The smallest absolute Gasteiger partial charge is 0.182 e. The van der Waals surface area contributed by atoms with Gasteiger partial charge < -0.3 is 9.72 Å². The third-order valence-corrected chi connectivity index (χ3v) is 3.43. The maximum Gasteiger partial charge on any atom is 0.182 e. The molecule has 0 saturated heterocycles. The van der Waals surface area contributed by atoms with Crippen LogP contribution in [-0.4, -0.2) is 16.7 Å². The Balaban J connectivity index is 2.24. The maximum absolute atomic E-state index is 13.8. The van der Waals surface area contributed by atoms with E-state index in [1.165, 1.54) is 6.07 Å². The van der Waals surface area contributed by atoms with Crippen LogP contribution in [0.2, 0.25) is 0 Å². The number of ether oxygens (including phenoxy) is 1. The summed E-state index contributed by atoms with van der Waals surface area (Å²) in [5.74, 6) is -0.305. The summed E-state index contributed by atoms with van der Waals surface area (Å²) in [5, 5.41) is 0. The van der Waals surface area contributed by atoms with Gasteiger partial charge in [0.05, 0.1) is 12.1 Å². The van der Waals surface area contributed by atoms with Crippen molar-refractivity contribution in [3.05, 3.63) is 58.6 Å². The molecule has 0 atom stereocenters. The summed E-state index contributed by atoms with van der Waals surface area (Å²) >= 11 is 5.31. The van der Waals surface area contributed by atoms with Crippen molar-refractivity contribution in [2.75, 3.05) is 7.11 Å². The summed E-state index contributed by atoms with van der Waals surface area (Å²) < 4.78 is 21.2.